The van der Waals surface area contributed by atoms with Crippen molar-refractivity contribution in [2.75, 3.05) is 93.7 Å². The molecule has 1 N–H and O–H groups in total. The molecule has 2 saturated heterocycles. The normalized spacial score (nSPS) is 27.2. The first-order chi connectivity index (χ1) is 30.1. The van der Waals surface area contributed by atoms with Crippen LogP contribution in [-0.2, 0) is 54.3 Å². The summed E-state index contributed by atoms with van der Waals surface area (Å²) >= 11 is 0. The summed E-state index contributed by atoms with van der Waals surface area (Å²) < 4.78 is 35.0. The van der Waals surface area contributed by atoms with E-state index in [1.807, 2.05) is 0 Å². The molecule has 2 heterocycles. The van der Waals surface area contributed by atoms with Crippen molar-refractivity contribution < 1.29 is 57.9 Å². The van der Waals surface area contributed by atoms with Crippen LogP contribution < -0.4 is 5.32 Å². The van der Waals surface area contributed by atoms with E-state index in [9.17, 15) is 29.8 Å². The molecular weight excluding hydrogens is 810 g/mol. The molecule has 4 aliphatic rings. The summed E-state index contributed by atoms with van der Waals surface area (Å²) in [7, 11) is 5.07. The number of nitrogens with one attached hydrogen (secondary N) is 1. The van der Waals surface area contributed by atoms with E-state index >= 15 is 0 Å². The Bertz CT molecular complexity index is 1520. The molecule has 5 rings (SSSR count). The third-order valence-electron chi connectivity index (χ3n) is 13.0. The van der Waals surface area contributed by atoms with E-state index in [1.165, 1.54) is 0 Å². The van der Waals surface area contributed by atoms with Crippen LogP contribution in [-0.4, -0.2) is 156 Å². The van der Waals surface area contributed by atoms with Crippen LogP contribution >= 0.6 is 0 Å². The highest BCUT2D eigenvalue weighted by Gasteiger charge is 2.42. The lowest BCUT2D eigenvalue weighted by molar-refractivity contribution is -0.790. The number of fused-ring (bicyclic) bond motifs is 1. The predicted molar refractivity (Wildman–Crippen MR) is 224 cm³/mol. The minimum Gasteiger partial charge on any atom is -0.385 e. The van der Waals surface area contributed by atoms with Gasteiger partial charge >= 0.3 is 0 Å². The van der Waals surface area contributed by atoms with Crippen LogP contribution in [0.5, 0.6) is 0 Å². The molecular formula is C43H69N5O14. The van der Waals surface area contributed by atoms with Gasteiger partial charge in [0.2, 0.25) is 11.8 Å². The lowest BCUT2D eigenvalue weighted by atomic mass is 9.77. The number of morpholine rings is 1. The maximum atomic E-state index is 14.1. The number of hydrogen-bond donors (Lipinski definition) is 1. The van der Waals surface area contributed by atoms with E-state index in [4.69, 9.17) is 28.4 Å². The van der Waals surface area contributed by atoms with Gasteiger partial charge in [0.25, 0.3) is 10.2 Å². The van der Waals surface area contributed by atoms with E-state index in [-0.39, 0.29) is 67.0 Å². The third-order valence-corrected chi connectivity index (χ3v) is 13.0. The molecule has 62 heavy (non-hydrogen) atoms. The number of likely N-dealkylation sites (tertiary alicyclic amines) is 1. The van der Waals surface area contributed by atoms with Gasteiger partial charge in [0, 0.05) is 97.5 Å². The first-order valence-corrected chi connectivity index (χ1v) is 22.4. The number of rotatable bonds is 26. The van der Waals surface area contributed by atoms with Gasteiger partial charge in [-0.2, -0.15) is 0 Å². The Morgan fingerprint density at radius 3 is 2.42 bits per heavy atom. The molecule has 0 aromatic heterocycles. The summed E-state index contributed by atoms with van der Waals surface area (Å²) in [5.41, 5.74) is 2.05. The summed E-state index contributed by atoms with van der Waals surface area (Å²) in [6.07, 6.45) is 5.87. The predicted octanol–water partition coefficient (Wildman–Crippen LogP) is 3.96. The standard InChI is InChI=1S/C43H69N5O14/c1-55-20-5-18-45-19-21-59-39-17-10-32(24-38(39)45)29-60-40-27-46(41(49)7-4-6-37(62-48(53)54)30-61-47(51)52)26-35(25-44-43(50)34-13-15-36(57-3)16-14-34)42(40)33-11-8-31(9-12-33)28-58-23-22-56-2/h8-9,11-12,32,34-40,42H,4-7,10,13-30H2,1-3H3,(H,44,50). The maximum Gasteiger partial charge on any atom is 0.294 e. The van der Waals surface area contributed by atoms with E-state index in [0.717, 1.165) is 82.2 Å². The number of ether oxygens (including phenoxy) is 6. The van der Waals surface area contributed by atoms with Crippen LogP contribution in [0.2, 0.25) is 0 Å². The molecule has 0 spiro atoms. The van der Waals surface area contributed by atoms with Crippen LogP contribution in [0.1, 0.15) is 87.7 Å². The van der Waals surface area contributed by atoms with E-state index in [1.54, 1.807) is 26.2 Å². The molecule has 2 aliphatic heterocycles. The fourth-order valence-corrected chi connectivity index (χ4v) is 9.69. The maximum absolute atomic E-state index is 14.1. The van der Waals surface area contributed by atoms with Gasteiger partial charge in [-0.3, -0.25) is 14.5 Å². The highest BCUT2D eigenvalue weighted by atomic mass is 17.0. The quantitative estimate of drug-likeness (QED) is 0.0793. The Morgan fingerprint density at radius 2 is 1.71 bits per heavy atom. The molecule has 0 radical (unpaired) electrons. The fourth-order valence-electron chi connectivity index (χ4n) is 9.69. The number of carbonyl (C=O) groups excluding carboxylic acids is 2. The lowest BCUT2D eigenvalue weighted by Gasteiger charge is -2.47. The van der Waals surface area contributed by atoms with Crippen molar-refractivity contribution >= 4 is 11.8 Å². The van der Waals surface area contributed by atoms with E-state index in [0.29, 0.717) is 58.7 Å². The smallest absolute Gasteiger partial charge is 0.294 e. The molecule has 19 nitrogen and oxygen atoms in total. The summed E-state index contributed by atoms with van der Waals surface area (Å²) in [6, 6.07) is 8.59. The number of hydrogen-bond acceptors (Lipinski definition) is 15. The minimum absolute atomic E-state index is 0.000665. The third kappa shape index (κ3) is 15.5. The monoisotopic (exact) mass is 879 g/mol. The van der Waals surface area contributed by atoms with Crippen LogP contribution in [0, 0.1) is 38.0 Å². The van der Waals surface area contributed by atoms with Crippen molar-refractivity contribution in [2.24, 2.45) is 17.8 Å². The average molecular weight is 880 g/mol. The summed E-state index contributed by atoms with van der Waals surface area (Å²) in [5.74, 6) is -0.397. The van der Waals surface area contributed by atoms with Gasteiger partial charge in [-0.15, -0.1) is 20.2 Å². The molecule has 2 aliphatic carbocycles. The Balaban J connectivity index is 1.35. The number of benzene rings is 1. The molecule has 4 fully saturated rings. The van der Waals surface area contributed by atoms with E-state index in [2.05, 4.69) is 44.2 Å². The zero-order valence-electron chi connectivity index (χ0n) is 36.8. The van der Waals surface area contributed by atoms with Crippen molar-refractivity contribution in [3.05, 3.63) is 55.6 Å². The van der Waals surface area contributed by atoms with Gasteiger partial charge in [0.05, 0.1) is 44.7 Å². The second-order valence-corrected chi connectivity index (χ2v) is 17.1. The molecule has 7 atom stereocenters. The summed E-state index contributed by atoms with van der Waals surface area (Å²) in [5, 5.41) is 23.1. The molecule has 7 unspecified atom stereocenters. The van der Waals surface area contributed by atoms with Gasteiger partial charge in [-0.25, -0.2) is 0 Å². The highest BCUT2D eigenvalue weighted by molar-refractivity contribution is 5.79. The van der Waals surface area contributed by atoms with Crippen LogP contribution in [0.25, 0.3) is 0 Å². The Hall–Kier alpha value is -3.72. The number of methoxy groups -OCH3 is 3. The first-order valence-electron chi connectivity index (χ1n) is 22.4. The molecule has 350 valence electrons. The minimum atomic E-state index is -1.21. The molecule has 1 aromatic carbocycles. The van der Waals surface area contributed by atoms with E-state index < -0.39 is 29.0 Å². The van der Waals surface area contributed by atoms with Crippen molar-refractivity contribution in [1.82, 2.24) is 15.1 Å². The molecule has 0 bridgehead atoms. The lowest BCUT2D eigenvalue weighted by Crippen LogP contribution is -2.55. The van der Waals surface area contributed by atoms with Crippen LogP contribution in [0.3, 0.4) is 0 Å². The largest absolute Gasteiger partial charge is 0.385 e. The number of carbonyl (C=O) groups is 2. The Kier molecular flexibility index (Phi) is 20.8. The van der Waals surface area contributed by atoms with Gasteiger partial charge in [0.1, 0.15) is 12.7 Å². The van der Waals surface area contributed by atoms with Crippen LogP contribution in [0.15, 0.2) is 24.3 Å². The topological polar surface area (TPSA) is 213 Å². The molecule has 2 amide bonds. The van der Waals surface area contributed by atoms with Gasteiger partial charge < -0.3 is 48.3 Å². The number of piperidine rings is 1. The van der Waals surface area contributed by atoms with Crippen LogP contribution in [0.4, 0.5) is 0 Å². The average Bonchev–Trinajstić information content (AvgIpc) is 3.28. The van der Waals surface area contributed by atoms with Crippen molar-refractivity contribution in [3.8, 4) is 0 Å². The number of nitrogens with zero attached hydrogens (tertiary/aromatic N) is 4. The van der Waals surface area contributed by atoms with Crippen molar-refractivity contribution in [3.63, 3.8) is 0 Å². The Morgan fingerprint density at radius 1 is 0.935 bits per heavy atom. The molecule has 1 aromatic rings. The van der Waals surface area contributed by atoms with Gasteiger partial charge in [0.15, 0.2) is 0 Å². The van der Waals surface area contributed by atoms with Gasteiger partial charge in [-0.05, 0) is 81.3 Å². The summed E-state index contributed by atoms with van der Waals surface area (Å²) in [6.45, 7) is 5.54. The summed E-state index contributed by atoms with van der Waals surface area (Å²) in [4.78, 5) is 62.8. The van der Waals surface area contributed by atoms with Crippen molar-refractivity contribution in [1.29, 1.82) is 0 Å². The number of amides is 2. The SMILES string of the molecule is COCCCN1CCOC2CCC(COC3CN(C(=O)CCCC(CO[N+](=O)[O-])O[N+](=O)[O-])CC(CNC(=O)C4CCC(OC)CC4)C3c3ccc(COCCOC)cc3)CC21. The second-order valence-electron chi connectivity index (χ2n) is 17.1. The first kappa shape index (κ1) is 49.3. The zero-order chi connectivity index (χ0) is 44.3. The Labute approximate surface area is 364 Å². The molecule has 19 heteroatoms. The second kappa shape index (κ2) is 26.2. The highest BCUT2D eigenvalue weighted by Crippen LogP contribution is 2.38. The van der Waals surface area contributed by atoms with Gasteiger partial charge in [-0.1, -0.05) is 24.3 Å². The van der Waals surface area contributed by atoms with Crippen molar-refractivity contribution in [2.45, 2.75) is 114 Å². The molecule has 2 saturated carbocycles. The fraction of sp³-hybridized carbons (Fsp3) is 0.814. The zero-order valence-corrected chi connectivity index (χ0v) is 36.8.